The van der Waals surface area contributed by atoms with Crippen molar-refractivity contribution in [1.29, 1.82) is 0 Å². The lowest BCUT2D eigenvalue weighted by atomic mass is 10.1. The molecule has 3 heteroatoms. The second kappa shape index (κ2) is 5.61. The molecule has 0 radical (unpaired) electrons. The van der Waals surface area contributed by atoms with Gasteiger partial charge in [0.25, 0.3) is 0 Å². The van der Waals surface area contributed by atoms with Crippen LogP contribution < -0.4 is 5.32 Å². The maximum absolute atomic E-state index is 13.5. The summed E-state index contributed by atoms with van der Waals surface area (Å²) in [6.45, 7) is 6.81. The van der Waals surface area contributed by atoms with E-state index in [-0.39, 0.29) is 11.9 Å². The first kappa shape index (κ1) is 11.9. The Hall–Kier alpha value is -1.22. The highest BCUT2D eigenvalue weighted by Gasteiger charge is 2.11. The van der Waals surface area contributed by atoms with Gasteiger partial charge in [0.05, 0.1) is 12.2 Å². The Labute approximate surface area is 90.2 Å². The number of likely N-dealkylation sites (N-methyl/N-ethyl adjacent to an activating group) is 1. The van der Waals surface area contributed by atoms with Crippen LogP contribution in [0.15, 0.2) is 30.1 Å². The lowest BCUT2D eigenvalue weighted by Gasteiger charge is -2.15. The molecule has 0 saturated carbocycles. The maximum Gasteiger partial charge on any atom is 0.146 e. The van der Waals surface area contributed by atoms with E-state index in [0.717, 1.165) is 12.1 Å². The molecule has 0 aromatic carbocycles. The van der Waals surface area contributed by atoms with Gasteiger partial charge < -0.3 is 5.32 Å². The predicted molar refractivity (Wildman–Crippen MR) is 60.0 cm³/mol. The molecule has 2 nitrogen and oxygen atoms in total. The number of pyridine rings is 1. The largest absolute Gasteiger partial charge is 0.307 e. The monoisotopic (exact) mass is 208 g/mol. The van der Waals surface area contributed by atoms with E-state index in [1.54, 1.807) is 12.3 Å². The summed E-state index contributed by atoms with van der Waals surface area (Å²) in [4.78, 5) is 3.74. The van der Waals surface area contributed by atoms with Crippen LogP contribution in [0.5, 0.6) is 0 Å². The van der Waals surface area contributed by atoms with Gasteiger partial charge in [-0.15, -0.1) is 0 Å². The van der Waals surface area contributed by atoms with E-state index in [1.807, 2.05) is 26.8 Å². The number of rotatable bonds is 4. The second-order valence-electron chi connectivity index (χ2n) is 3.68. The average molecular weight is 208 g/mol. The fraction of sp³-hybridized carbons (Fsp3) is 0.417. The van der Waals surface area contributed by atoms with Crippen LogP contribution >= 0.6 is 0 Å². The Morgan fingerprint density at radius 1 is 1.60 bits per heavy atom. The minimum Gasteiger partial charge on any atom is -0.307 e. The van der Waals surface area contributed by atoms with Gasteiger partial charge in [0.2, 0.25) is 0 Å². The molecule has 0 aliphatic rings. The number of hydrogen-bond donors (Lipinski definition) is 1. The number of hydrogen-bond acceptors (Lipinski definition) is 2. The van der Waals surface area contributed by atoms with Crippen molar-refractivity contribution in [2.75, 3.05) is 6.54 Å². The SMILES string of the molecule is CCNC(C=C(C)C)c1ccncc1F. The summed E-state index contributed by atoms with van der Waals surface area (Å²) in [5.41, 5.74) is 1.81. The molecule has 0 fully saturated rings. The van der Waals surface area contributed by atoms with E-state index in [4.69, 9.17) is 0 Å². The smallest absolute Gasteiger partial charge is 0.146 e. The van der Waals surface area contributed by atoms with Crippen LogP contribution in [0, 0.1) is 5.82 Å². The summed E-state index contributed by atoms with van der Waals surface area (Å²) in [6, 6.07) is 1.64. The molecular formula is C12H17FN2. The van der Waals surface area contributed by atoms with Crippen LogP contribution in [-0.2, 0) is 0 Å². The van der Waals surface area contributed by atoms with Crippen molar-refractivity contribution in [1.82, 2.24) is 10.3 Å². The molecule has 1 aromatic rings. The van der Waals surface area contributed by atoms with Crippen molar-refractivity contribution in [3.05, 3.63) is 41.5 Å². The van der Waals surface area contributed by atoms with E-state index in [1.165, 1.54) is 6.20 Å². The van der Waals surface area contributed by atoms with Crippen LogP contribution in [0.25, 0.3) is 0 Å². The fourth-order valence-electron chi connectivity index (χ4n) is 1.45. The summed E-state index contributed by atoms with van der Waals surface area (Å²) in [7, 11) is 0. The minimum absolute atomic E-state index is 0.0667. The third-order valence-electron chi connectivity index (χ3n) is 2.06. The van der Waals surface area contributed by atoms with Gasteiger partial charge >= 0.3 is 0 Å². The molecule has 1 heterocycles. The topological polar surface area (TPSA) is 24.9 Å². The molecule has 15 heavy (non-hydrogen) atoms. The number of nitrogens with zero attached hydrogens (tertiary/aromatic N) is 1. The molecule has 1 atom stereocenters. The first-order chi connectivity index (χ1) is 7.15. The molecule has 82 valence electrons. The highest BCUT2D eigenvalue weighted by molar-refractivity contribution is 5.23. The molecule has 0 saturated heterocycles. The number of halogens is 1. The Morgan fingerprint density at radius 2 is 2.33 bits per heavy atom. The third kappa shape index (κ3) is 3.44. The molecule has 1 N–H and O–H groups in total. The zero-order chi connectivity index (χ0) is 11.3. The first-order valence-electron chi connectivity index (χ1n) is 5.13. The van der Waals surface area contributed by atoms with Crippen LogP contribution in [0.3, 0.4) is 0 Å². The van der Waals surface area contributed by atoms with Crippen LogP contribution in [0.4, 0.5) is 4.39 Å². The fourth-order valence-corrected chi connectivity index (χ4v) is 1.45. The van der Waals surface area contributed by atoms with Gasteiger partial charge in [-0.25, -0.2) is 4.39 Å². The van der Waals surface area contributed by atoms with Crippen molar-refractivity contribution < 1.29 is 4.39 Å². The molecule has 0 amide bonds. The van der Waals surface area contributed by atoms with E-state index >= 15 is 0 Å². The second-order valence-corrected chi connectivity index (χ2v) is 3.68. The van der Waals surface area contributed by atoms with Crippen LogP contribution in [0.1, 0.15) is 32.4 Å². The summed E-state index contributed by atoms with van der Waals surface area (Å²) in [6.07, 6.45) is 4.88. The van der Waals surface area contributed by atoms with Gasteiger partial charge in [-0.2, -0.15) is 0 Å². The van der Waals surface area contributed by atoms with Crippen molar-refractivity contribution in [2.24, 2.45) is 0 Å². The average Bonchev–Trinajstić information content (AvgIpc) is 2.17. The molecule has 1 aromatic heterocycles. The van der Waals surface area contributed by atoms with Crippen molar-refractivity contribution in [3.8, 4) is 0 Å². The van der Waals surface area contributed by atoms with Crippen molar-refractivity contribution in [3.63, 3.8) is 0 Å². The summed E-state index contributed by atoms with van der Waals surface area (Å²) in [5, 5.41) is 3.23. The highest BCUT2D eigenvalue weighted by atomic mass is 19.1. The quantitative estimate of drug-likeness (QED) is 0.770. The normalized spacial score (nSPS) is 12.3. The lowest BCUT2D eigenvalue weighted by molar-refractivity contribution is 0.561. The molecule has 0 spiro atoms. The predicted octanol–water partition coefficient (Wildman–Crippen LogP) is 2.84. The minimum atomic E-state index is -0.263. The van der Waals surface area contributed by atoms with Crippen molar-refractivity contribution >= 4 is 0 Å². The van der Waals surface area contributed by atoms with Crippen LogP contribution in [-0.4, -0.2) is 11.5 Å². The van der Waals surface area contributed by atoms with Crippen molar-refractivity contribution in [2.45, 2.75) is 26.8 Å². The molecule has 1 unspecified atom stereocenters. The Bertz CT molecular complexity index is 343. The summed E-state index contributed by atoms with van der Waals surface area (Å²) >= 11 is 0. The van der Waals surface area contributed by atoms with E-state index < -0.39 is 0 Å². The summed E-state index contributed by atoms with van der Waals surface area (Å²) < 4.78 is 13.5. The maximum atomic E-state index is 13.5. The van der Waals surface area contributed by atoms with Gasteiger partial charge in [0.1, 0.15) is 5.82 Å². The number of allylic oxidation sites excluding steroid dienone is 1. The van der Waals surface area contributed by atoms with Gasteiger partial charge in [0, 0.05) is 11.8 Å². The molecule has 1 rings (SSSR count). The summed E-state index contributed by atoms with van der Waals surface area (Å²) in [5.74, 6) is -0.263. The Balaban J connectivity index is 2.99. The van der Waals surface area contributed by atoms with Crippen LogP contribution in [0.2, 0.25) is 0 Å². The molecule has 0 aliphatic carbocycles. The van der Waals surface area contributed by atoms with Gasteiger partial charge in [0.15, 0.2) is 0 Å². The standard InChI is InChI=1S/C12H17FN2/c1-4-15-12(7-9(2)3)10-5-6-14-8-11(10)13/h5-8,12,15H,4H2,1-3H3. The zero-order valence-corrected chi connectivity index (χ0v) is 9.42. The zero-order valence-electron chi connectivity index (χ0n) is 9.42. The third-order valence-corrected chi connectivity index (χ3v) is 2.06. The van der Waals surface area contributed by atoms with E-state index in [9.17, 15) is 4.39 Å². The lowest BCUT2D eigenvalue weighted by Crippen LogP contribution is -2.20. The van der Waals surface area contributed by atoms with Gasteiger partial charge in [-0.3, -0.25) is 4.98 Å². The number of nitrogens with one attached hydrogen (secondary N) is 1. The Morgan fingerprint density at radius 3 is 2.87 bits per heavy atom. The Kier molecular flexibility index (Phi) is 4.43. The molecular weight excluding hydrogens is 191 g/mol. The molecule has 0 bridgehead atoms. The van der Waals surface area contributed by atoms with Gasteiger partial charge in [-0.05, 0) is 26.5 Å². The number of aromatic nitrogens is 1. The molecule has 0 aliphatic heterocycles. The van der Waals surface area contributed by atoms with E-state index in [2.05, 4.69) is 10.3 Å². The van der Waals surface area contributed by atoms with E-state index in [0.29, 0.717) is 5.56 Å². The first-order valence-corrected chi connectivity index (χ1v) is 5.13. The highest BCUT2D eigenvalue weighted by Crippen LogP contribution is 2.18. The van der Waals surface area contributed by atoms with Gasteiger partial charge in [-0.1, -0.05) is 18.6 Å².